The summed E-state index contributed by atoms with van der Waals surface area (Å²) in [6.07, 6.45) is -12.0. The number of carboxylic acid groups (broad SMARTS) is 1. The zero-order valence-corrected chi connectivity index (χ0v) is 16.4. The Morgan fingerprint density at radius 3 is 2.00 bits per heavy atom. The van der Waals surface area contributed by atoms with E-state index >= 15 is 0 Å². The molecule has 2 unspecified atom stereocenters. The second-order valence-corrected chi connectivity index (χ2v) is 7.72. The summed E-state index contributed by atoms with van der Waals surface area (Å²) in [5.41, 5.74) is -7.36. The summed E-state index contributed by atoms with van der Waals surface area (Å²) < 4.78 is 79.5. The molecule has 0 bridgehead atoms. The number of hydrogen-bond acceptors (Lipinski definition) is 3. The van der Waals surface area contributed by atoms with E-state index in [1.807, 2.05) is 0 Å². The summed E-state index contributed by atoms with van der Waals surface area (Å²) in [4.78, 5) is 13.7. The molecule has 0 radical (unpaired) electrons. The van der Waals surface area contributed by atoms with Crippen molar-refractivity contribution in [2.45, 2.75) is 49.8 Å². The zero-order chi connectivity index (χ0) is 23.4. The highest BCUT2D eigenvalue weighted by Gasteiger charge is 2.71. The van der Waals surface area contributed by atoms with E-state index in [1.165, 1.54) is 11.8 Å². The van der Waals surface area contributed by atoms with Crippen molar-refractivity contribution in [3.05, 3.63) is 65.2 Å². The Morgan fingerprint density at radius 1 is 0.968 bits per heavy atom. The van der Waals surface area contributed by atoms with E-state index in [4.69, 9.17) is 0 Å². The lowest BCUT2D eigenvalue weighted by Gasteiger charge is -2.41. The van der Waals surface area contributed by atoms with Crippen LogP contribution in [-0.4, -0.2) is 34.6 Å². The summed E-state index contributed by atoms with van der Waals surface area (Å²) in [6, 6.07) is 9.77. The summed E-state index contributed by atoms with van der Waals surface area (Å²) in [7, 11) is 0. The molecule has 1 aliphatic rings. The molecule has 1 aliphatic heterocycles. The van der Waals surface area contributed by atoms with Gasteiger partial charge in [-0.2, -0.15) is 26.3 Å². The van der Waals surface area contributed by atoms with Gasteiger partial charge < -0.3 is 15.1 Å². The fraction of sp³-hybridized carbons (Fsp3) is 0.381. The lowest BCUT2D eigenvalue weighted by atomic mass is 9.88. The van der Waals surface area contributed by atoms with Crippen molar-refractivity contribution >= 4 is 11.7 Å². The molecule has 0 aromatic heterocycles. The fourth-order valence-electron chi connectivity index (χ4n) is 4.15. The number of nitrogens with zero attached hydrogens (tertiary/aromatic N) is 1. The molecule has 0 spiro atoms. The molecule has 1 heterocycles. The van der Waals surface area contributed by atoms with Gasteiger partial charge >= 0.3 is 18.3 Å². The third kappa shape index (κ3) is 3.33. The molecule has 31 heavy (non-hydrogen) atoms. The molecule has 0 amide bonds. The normalized spacial score (nSPS) is 19.1. The Balaban J connectivity index is 2.17. The Bertz CT molecular complexity index is 975. The van der Waals surface area contributed by atoms with Crippen molar-refractivity contribution in [3.8, 4) is 0 Å². The fourth-order valence-corrected chi connectivity index (χ4v) is 4.15. The first-order valence-electron chi connectivity index (χ1n) is 9.23. The number of halogens is 6. The van der Waals surface area contributed by atoms with Crippen LogP contribution in [0.25, 0.3) is 0 Å². The molecule has 0 aliphatic carbocycles. The molecule has 4 nitrogen and oxygen atoms in total. The summed E-state index contributed by atoms with van der Waals surface area (Å²) in [5, 5.41) is 19.7. The van der Waals surface area contributed by atoms with E-state index in [9.17, 15) is 41.4 Å². The van der Waals surface area contributed by atoms with Gasteiger partial charge in [-0.05, 0) is 37.5 Å². The second-order valence-electron chi connectivity index (χ2n) is 7.72. The highest BCUT2D eigenvalue weighted by Crippen LogP contribution is 2.52. The Kier molecular flexibility index (Phi) is 5.29. The van der Waals surface area contributed by atoms with E-state index < -0.39 is 41.1 Å². The van der Waals surface area contributed by atoms with Crippen LogP contribution < -0.4 is 4.90 Å². The SMILES string of the molecule is CC1Cc2cc(C(O)(C(F)(F)F)C(F)(F)F)ccc2N1C(C)(C(=O)O)c1ccccc1. The maximum absolute atomic E-state index is 13.2. The molecule has 0 saturated carbocycles. The first-order chi connectivity index (χ1) is 14.2. The molecule has 2 N–H and O–H groups in total. The van der Waals surface area contributed by atoms with Crippen molar-refractivity contribution in [2.24, 2.45) is 0 Å². The van der Waals surface area contributed by atoms with Crippen LogP contribution >= 0.6 is 0 Å². The van der Waals surface area contributed by atoms with Crippen LogP contribution in [-0.2, 0) is 22.4 Å². The van der Waals surface area contributed by atoms with Gasteiger partial charge in [-0.1, -0.05) is 42.5 Å². The number of aliphatic hydroxyl groups is 1. The van der Waals surface area contributed by atoms with Gasteiger partial charge in [-0.25, -0.2) is 4.79 Å². The van der Waals surface area contributed by atoms with Gasteiger partial charge in [0.1, 0.15) is 0 Å². The van der Waals surface area contributed by atoms with Gasteiger partial charge in [0.25, 0.3) is 5.60 Å². The van der Waals surface area contributed by atoms with Crippen LogP contribution in [0.15, 0.2) is 48.5 Å². The highest BCUT2D eigenvalue weighted by molar-refractivity contribution is 5.86. The van der Waals surface area contributed by atoms with Gasteiger partial charge in [0.2, 0.25) is 0 Å². The van der Waals surface area contributed by atoms with Crippen molar-refractivity contribution in [3.63, 3.8) is 0 Å². The number of carboxylic acids is 1. The van der Waals surface area contributed by atoms with Crippen LogP contribution in [0.4, 0.5) is 32.0 Å². The number of hydrogen-bond donors (Lipinski definition) is 2. The van der Waals surface area contributed by atoms with Crippen LogP contribution in [0.5, 0.6) is 0 Å². The van der Waals surface area contributed by atoms with Crippen molar-refractivity contribution in [2.75, 3.05) is 4.90 Å². The van der Waals surface area contributed by atoms with E-state index in [-0.39, 0.29) is 17.7 Å². The van der Waals surface area contributed by atoms with E-state index in [0.29, 0.717) is 17.7 Å². The number of anilines is 1. The molecule has 3 rings (SSSR count). The predicted molar refractivity (Wildman–Crippen MR) is 99.5 cm³/mol. The molecule has 10 heteroatoms. The van der Waals surface area contributed by atoms with Gasteiger partial charge in [0, 0.05) is 17.3 Å². The number of benzene rings is 2. The number of carbonyl (C=O) groups is 1. The highest BCUT2D eigenvalue weighted by atomic mass is 19.4. The number of alkyl halides is 6. The molecule has 2 atom stereocenters. The third-order valence-electron chi connectivity index (χ3n) is 5.77. The zero-order valence-electron chi connectivity index (χ0n) is 16.4. The standard InChI is InChI=1S/C21H19F6NO3/c1-12-10-13-11-15(19(31,20(22,23)24)21(25,26)27)8-9-16(13)28(12)18(2,17(29)30)14-6-4-3-5-7-14/h3-9,11-12,31H,10H2,1-2H3,(H,29,30). The molecule has 0 saturated heterocycles. The van der Waals surface area contributed by atoms with E-state index in [0.717, 1.165) is 6.07 Å². The minimum atomic E-state index is -6.00. The molecular weight excluding hydrogens is 428 g/mol. The van der Waals surface area contributed by atoms with E-state index in [1.54, 1.807) is 37.3 Å². The smallest absolute Gasteiger partial charge is 0.430 e. The van der Waals surface area contributed by atoms with Crippen molar-refractivity contribution in [1.82, 2.24) is 0 Å². The van der Waals surface area contributed by atoms with E-state index in [2.05, 4.69) is 0 Å². The van der Waals surface area contributed by atoms with Gasteiger partial charge in [-0.15, -0.1) is 0 Å². The molecule has 0 fully saturated rings. The topological polar surface area (TPSA) is 60.8 Å². The quantitative estimate of drug-likeness (QED) is 0.665. The lowest BCUT2D eigenvalue weighted by Crippen LogP contribution is -2.54. The summed E-state index contributed by atoms with van der Waals surface area (Å²) in [6.45, 7) is 3.05. The van der Waals surface area contributed by atoms with Crippen LogP contribution in [0, 0.1) is 0 Å². The molecule has 2 aromatic rings. The third-order valence-corrected chi connectivity index (χ3v) is 5.77. The van der Waals surface area contributed by atoms with Crippen molar-refractivity contribution in [1.29, 1.82) is 0 Å². The molecule has 2 aromatic carbocycles. The lowest BCUT2D eigenvalue weighted by molar-refractivity contribution is -0.376. The van der Waals surface area contributed by atoms with Gasteiger partial charge in [-0.3, -0.25) is 0 Å². The monoisotopic (exact) mass is 447 g/mol. The molecule has 168 valence electrons. The average Bonchev–Trinajstić information content (AvgIpc) is 3.00. The minimum Gasteiger partial charge on any atom is -0.479 e. The second kappa shape index (κ2) is 7.15. The van der Waals surface area contributed by atoms with Crippen LogP contribution in [0.1, 0.15) is 30.5 Å². The van der Waals surface area contributed by atoms with Gasteiger partial charge in [0.15, 0.2) is 5.54 Å². The molecular formula is C21H19F6NO3. The minimum absolute atomic E-state index is 0.00463. The van der Waals surface area contributed by atoms with Gasteiger partial charge in [0.05, 0.1) is 0 Å². The Morgan fingerprint density at radius 2 is 1.52 bits per heavy atom. The summed E-state index contributed by atoms with van der Waals surface area (Å²) in [5.74, 6) is -1.23. The number of fused-ring (bicyclic) bond motifs is 1. The number of rotatable bonds is 4. The average molecular weight is 447 g/mol. The Labute approximate surface area is 173 Å². The Hall–Kier alpha value is -2.75. The van der Waals surface area contributed by atoms with Crippen LogP contribution in [0.3, 0.4) is 0 Å². The first-order valence-corrected chi connectivity index (χ1v) is 9.23. The van der Waals surface area contributed by atoms with Crippen molar-refractivity contribution < 1.29 is 41.4 Å². The van der Waals surface area contributed by atoms with Crippen LogP contribution in [0.2, 0.25) is 0 Å². The summed E-state index contributed by atoms with van der Waals surface area (Å²) >= 11 is 0. The largest absolute Gasteiger partial charge is 0.479 e. The maximum atomic E-state index is 13.2. The predicted octanol–water partition coefficient (Wildman–Crippen LogP) is 4.75. The number of aliphatic carboxylic acids is 1. The maximum Gasteiger partial charge on any atom is 0.430 e. The first kappa shape index (κ1) is 22.9.